The molecule has 52 heavy (non-hydrogen) atoms. The number of amides is 5. The van der Waals surface area contributed by atoms with Crippen LogP contribution in [0.1, 0.15) is 71.4 Å². The molecule has 2 rings (SSSR count). The van der Waals surface area contributed by atoms with E-state index in [4.69, 9.17) is 29.8 Å². The molecule has 0 radical (unpaired) electrons. The molecule has 290 valence electrons. The van der Waals surface area contributed by atoms with Crippen molar-refractivity contribution in [1.29, 1.82) is 0 Å². The first-order valence-electron chi connectivity index (χ1n) is 17.5. The Kier molecular flexibility index (Phi) is 22.6. The number of urea groups is 1. The Morgan fingerprint density at radius 2 is 1.35 bits per heavy atom. The van der Waals surface area contributed by atoms with Gasteiger partial charge >= 0.3 is 12.0 Å². The summed E-state index contributed by atoms with van der Waals surface area (Å²) in [5, 5.41) is 28.0. The van der Waals surface area contributed by atoms with Gasteiger partial charge in [0.15, 0.2) is 0 Å². The van der Waals surface area contributed by atoms with Crippen molar-refractivity contribution in [2.45, 2.75) is 64.0 Å². The second-order valence-electron chi connectivity index (χ2n) is 11.7. The Morgan fingerprint density at radius 3 is 1.94 bits per heavy atom. The minimum absolute atomic E-state index is 0.0241. The summed E-state index contributed by atoms with van der Waals surface area (Å²) in [7, 11) is 1.46. The number of carbonyl (C=O) groups is 5. The minimum atomic E-state index is -1.11. The molecule has 7 N–H and O–H groups in total. The fourth-order valence-electron chi connectivity index (χ4n) is 4.80. The van der Waals surface area contributed by atoms with E-state index in [0.717, 1.165) is 37.8 Å². The summed E-state index contributed by atoms with van der Waals surface area (Å²) >= 11 is 0. The number of carboxylic acids is 1. The molecule has 1 atom stereocenters. The third-order valence-electron chi connectivity index (χ3n) is 7.51. The molecule has 1 aromatic carbocycles. The first-order valence-corrected chi connectivity index (χ1v) is 17.5. The van der Waals surface area contributed by atoms with E-state index in [1.807, 2.05) is 6.20 Å². The summed E-state index contributed by atoms with van der Waals surface area (Å²) < 4.78 is 22.7. The van der Waals surface area contributed by atoms with Crippen molar-refractivity contribution >= 4 is 29.7 Å². The van der Waals surface area contributed by atoms with E-state index in [0.29, 0.717) is 89.8 Å². The summed E-state index contributed by atoms with van der Waals surface area (Å²) in [6, 6.07) is 4.62. The molecule has 0 unspecified atom stereocenters. The van der Waals surface area contributed by atoms with Crippen LogP contribution < -0.4 is 27.0 Å². The minimum Gasteiger partial charge on any atom is -0.480 e. The highest BCUT2D eigenvalue weighted by atomic mass is 16.5. The molecule has 2 aromatic rings. The van der Waals surface area contributed by atoms with Crippen LogP contribution in [0.5, 0.6) is 0 Å². The third kappa shape index (κ3) is 20.3. The molecule has 0 saturated carbocycles. The monoisotopic (exact) mass is 734 g/mol. The van der Waals surface area contributed by atoms with Crippen LogP contribution in [-0.4, -0.2) is 129 Å². The lowest BCUT2D eigenvalue weighted by Gasteiger charge is -2.12. The zero-order valence-corrected chi connectivity index (χ0v) is 29.9. The number of rotatable bonds is 30. The van der Waals surface area contributed by atoms with Crippen LogP contribution >= 0.6 is 0 Å². The molecule has 18 nitrogen and oxygen atoms in total. The highest BCUT2D eigenvalue weighted by Crippen LogP contribution is 2.08. The Balaban J connectivity index is 1.45. The van der Waals surface area contributed by atoms with Crippen molar-refractivity contribution in [3.05, 3.63) is 47.3 Å². The number of primary amides is 1. The molecule has 18 heteroatoms. The number of nitrogens with two attached hydrogens (primary N) is 1. The number of aliphatic carboxylic acids is 1. The van der Waals surface area contributed by atoms with Crippen molar-refractivity contribution in [3.8, 4) is 0 Å². The molecule has 0 aliphatic carbocycles. The first kappa shape index (κ1) is 43.5. The van der Waals surface area contributed by atoms with Crippen LogP contribution in [0.3, 0.4) is 0 Å². The van der Waals surface area contributed by atoms with E-state index >= 15 is 0 Å². The number of aryl methyl sites for hydroxylation is 2. The van der Waals surface area contributed by atoms with Crippen molar-refractivity contribution in [3.63, 3.8) is 0 Å². The highest BCUT2D eigenvalue weighted by Gasteiger charge is 2.18. The molecule has 1 aromatic heterocycles. The van der Waals surface area contributed by atoms with Gasteiger partial charge < -0.3 is 51.1 Å². The SMILES string of the molecule is COCC(=O)NCCOCCOCCOCCNC(=O)c1ccc(C(=O)NCCCCCCc2cn(CCCC[C@H](NC(N)=O)C(=O)O)nn2)cc1. The third-order valence-corrected chi connectivity index (χ3v) is 7.51. The van der Waals surface area contributed by atoms with Gasteiger partial charge in [-0.1, -0.05) is 18.1 Å². The van der Waals surface area contributed by atoms with Gasteiger partial charge in [-0.2, -0.15) is 0 Å². The zero-order chi connectivity index (χ0) is 37.8. The number of nitrogens with one attached hydrogen (secondary N) is 4. The molecule has 0 saturated heterocycles. The topological polar surface area (TPSA) is 247 Å². The van der Waals surface area contributed by atoms with Crippen LogP contribution in [0.4, 0.5) is 4.79 Å². The molecule has 0 spiro atoms. The average molecular weight is 735 g/mol. The fraction of sp³-hybridized carbons (Fsp3) is 0.618. The summed E-state index contributed by atoms with van der Waals surface area (Å²) in [5.41, 5.74) is 6.82. The number of hydrogen-bond donors (Lipinski definition) is 6. The van der Waals surface area contributed by atoms with Gasteiger partial charge in [-0.25, -0.2) is 9.59 Å². The van der Waals surface area contributed by atoms with Gasteiger partial charge in [0.05, 0.1) is 45.3 Å². The molecule has 5 amide bonds. The maximum Gasteiger partial charge on any atom is 0.326 e. The normalized spacial score (nSPS) is 11.5. The number of nitrogens with zero attached hydrogens (tertiary/aromatic N) is 3. The molecule has 0 aliphatic heterocycles. The molecule has 0 fully saturated rings. The zero-order valence-electron chi connectivity index (χ0n) is 29.9. The number of hydrogen-bond acceptors (Lipinski definition) is 11. The van der Waals surface area contributed by atoms with E-state index in [-0.39, 0.29) is 30.7 Å². The summed E-state index contributed by atoms with van der Waals surface area (Å²) in [6.07, 6.45) is 7.93. The second-order valence-corrected chi connectivity index (χ2v) is 11.7. The Labute approximate surface area is 303 Å². The van der Waals surface area contributed by atoms with E-state index in [1.54, 1.807) is 28.9 Å². The lowest BCUT2D eigenvalue weighted by molar-refractivity contribution is -0.139. The van der Waals surface area contributed by atoms with Crippen LogP contribution in [-0.2, 0) is 41.5 Å². The van der Waals surface area contributed by atoms with Crippen LogP contribution in [0.25, 0.3) is 0 Å². The quantitative estimate of drug-likeness (QED) is 0.0606. The number of benzene rings is 1. The van der Waals surface area contributed by atoms with E-state index in [9.17, 15) is 24.0 Å². The average Bonchev–Trinajstić information content (AvgIpc) is 3.58. The summed E-state index contributed by atoms with van der Waals surface area (Å²) in [5.74, 6) is -1.76. The maximum atomic E-state index is 12.5. The predicted octanol–water partition coefficient (Wildman–Crippen LogP) is 0.645. The van der Waals surface area contributed by atoms with E-state index in [2.05, 4.69) is 31.6 Å². The Morgan fingerprint density at radius 1 is 0.769 bits per heavy atom. The van der Waals surface area contributed by atoms with Gasteiger partial charge in [0.1, 0.15) is 12.6 Å². The number of carbonyl (C=O) groups excluding carboxylic acids is 4. The van der Waals surface area contributed by atoms with Crippen LogP contribution in [0, 0.1) is 0 Å². The summed E-state index contributed by atoms with van der Waals surface area (Å²) in [4.78, 5) is 58.2. The predicted molar refractivity (Wildman–Crippen MR) is 189 cm³/mol. The molecular weight excluding hydrogens is 680 g/mol. The standard InChI is InChI=1S/C34H54N8O10/c1-49-25-30(43)36-15-18-50-20-22-52-23-21-51-19-16-38-32(45)27-12-10-26(11-13-27)31(44)37-14-6-3-2-4-8-28-24-42(41-40-28)17-7-5-9-29(33(46)47)39-34(35)48/h10-13,24,29H,2-9,14-23,25H2,1H3,(H,36,43)(H,37,44)(H,38,45)(H,46,47)(H3,35,39,48)/t29-/m0/s1. The molecule has 0 aliphatic rings. The van der Waals surface area contributed by atoms with Gasteiger partial charge in [0.25, 0.3) is 11.8 Å². The van der Waals surface area contributed by atoms with E-state index in [1.165, 1.54) is 7.11 Å². The van der Waals surface area contributed by atoms with Crippen molar-refractivity contribution < 1.29 is 48.0 Å². The lowest BCUT2D eigenvalue weighted by Crippen LogP contribution is -2.43. The van der Waals surface area contributed by atoms with Gasteiger partial charge in [-0.15, -0.1) is 5.10 Å². The van der Waals surface area contributed by atoms with Gasteiger partial charge in [0, 0.05) is 50.6 Å². The largest absolute Gasteiger partial charge is 0.480 e. The number of aromatic nitrogens is 3. The van der Waals surface area contributed by atoms with Crippen molar-refractivity contribution in [2.75, 3.05) is 73.0 Å². The number of unbranched alkanes of at least 4 members (excludes halogenated alkanes) is 4. The number of ether oxygens (including phenoxy) is 4. The number of carboxylic acid groups (broad SMARTS) is 1. The molecular formula is C34H54N8O10. The highest BCUT2D eigenvalue weighted by molar-refractivity contribution is 5.97. The van der Waals surface area contributed by atoms with E-state index < -0.39 is 18.0 Å². The van der Waals surface area contributed by atoms with Crippen LogP contribution in [0.2, 0.25) is 0 Å². The van der Waals surface area contributed by atoms with Gasteiger partial charge in [-0.3, -0.25) is 19.1 Å². The first-order chi connectivity index (χ1) is 25.2. The summed E-state index contributed by atoms with van der Waals surface area (Å²) in [6.45, 7) is 4.19. The van der Waals surface area contributed by atoms with Gasteiger partial charge in [0.2, 0.25) is 5.91 Å². The fourth-order valence-corrected chi connectivity index (χ4v) is 4.80. The second kappa shape index (κ2) is 27.1. The van der Waals surface area contributed by atoms with Gasteiger partial charge in [-0.05, 0) is 62.8 Å². The lowest BCUT2D eigenvalue weighted by atomic mass is 10.1. The maximum absolute atomic E-state index is 12.5. The van der Waals surface area contributed by atoms with Crippen molar-refractivity contribution in [2.24, 2.45) is 5.73 Å². The molecule has 0 bridgehead atoms. The molecule has 1 heterocycles. The van der Waals surface area contributed by atoms with Crippen LogP contribution in [0.15, 0.2) is 30.5 Å². The Hall–Kier alpha value is -4.65. The smallest absolute Gasteiger partial charge is 0.326 e. The van der Waals surface area contributed by atoms with Crippen molar-refractivity contribution in [1.82, 2.24) is 36.3 Å². The number of methoxy groups -OCH3 is 1. The Bertz CT molecular complexity index is 1340.